The number of nitrogen functional groups attached to an aromatic ring is 1. The molecular formula is C15H16N2O3. The van der Waals surface area contributed by atoms with Gasteiger partial charge in [0.25, 0.3) is 5.91 Å². The van der Waals surface area contributed by atoms with E-state index in [2.05, 4.69) is 0 Å². The summed E-state index contributed by atoms with van der Waals surface area (Å²) in [5, 5.41) is 11.1. The van der Waals surface area contributed by atoms with Crippen molar-refractivity contribution in [3.8, 4) is 0 Å². The van der Waals surface area contributed by atoms with Gasteiger partial charge in [-0.3, -0.25) is 4.79 Å². The molecule has 1 amide bonds. The highest BCUT2D eigenvalue weighted by Crippen LogP contribution is 2.44. The van der Waals surface area contributed by atoms with Gasteiger partial charge < -0.3 is 20.2 Å². The molecule has 1 aromatic heterocycles. The number of aliphatic hydroxyl groups is 1. The van der Waals surface area contributed by atoms with Crippen LogP contribution in [-0.2, 0) is 0 Å². The van der Waals surface area contributed by atoms with Gasteiger partial charge in [-0.2, -0.15) is 0 Å². The topological polar surface area (TPSA) is 79.7 Å². The van der Waals surface area contributed by atoms with Crippen molar-refractivity contribution in [1.29, 1.82) is 0 Å². The Labute approximate surface area is 116 Å². The molecule has 1 aliphatic heterocycles. The van der Waals surface area contributed by atoms with Crippen molar-refractivity contribution < 1.29 is 14.3 Å². The molecule has 1 saturated heterocycles. The minimum atomic E-state index is -0.661. The highest BCUT2D eigenvalue weighted by Gasteiger charge is 2.53. The lowest BCUT2D eigenvalue weighted by molar-refractivity contribution is -0.0964. The van der Waals surface area contributed by atoms with E-state index >= 15 is 0 Å². The number of likely N-dealkylation sites (tertiary alicyclic amines) is 1. The maximum absolute atomic E-state index is 12.3. The number of β-amino-alcohol motifs (C(OH)–C–C–N with tert-alkyl or cyclic N) is 1. The molecule has 0 spiro atoms. The zero-order valence-electron chi connectivity index (χ0n) is 11.0. The molecule has 1 aliphatic carbocycles. The normalized spacial score (nSPS) is 20.9. The van der Waals surface area contributed by atoms with Crippen LogP contribution in [0.15, 0.2) is 28.7 Å². The smallest absolute Gasteiger partial charge is 0.289 e. The molecule has 0 atom stereocenters. The van der Waals surface area contributed by atoms with E-state index < -0.39 is 5.60 Å². The van der Waals surface area contributed by atoms with E-state index in [1.54, 1.807) is 29.2 Å². The van der Waals surface area contributed by atoms with Crippen molar-refractivity contribution in [2.45, 2.75) is 18.4 Å². The van der Waals surface area contributed by atoms with Gasteiger partial charge in [0.1, 0.15) is 11.2 Å². The average Bonchev–Trinajstić information content (AvgIpc) is 3.15. The van der Waals surface area contributed by atoms with Gasteiger partial charge in [-0.15, -0.1) is 0 Å². The van der Waals surface area contributed by atoms with Crippen LogP contribution >= 0.6 is 0 Å². The SMILES string of the molecule is Nc1ccc2oc(C(=O)N3CC(O)(C4CC4)C3)cc2c1. The van der Waals surface area contributed by atoms with E-state index in [1.165, 1.54) is 0 Å². The van der Waals surface area contributed by atoms with E-state index in [-0.39, 0.29) is 5.91 Å². The number of nitrogens with two attached hydrogens (primary N) is 1. The van der Waals surface area contributed by atoms with Crippen molar-refractivity contribution in [2.24, 2.45) is 5.92 Å². The first-order valence-electron chi connectivity index (χ1n) is 6.86. The summed E-state index contributed by atoms with van der Waals surface area (Å²) >= 11 is 0. The lowest BCUT2D eigenvalue weighted by atomic mass is 9.88. The lowest BCUT2D eigenvalue weighted by Crippen LogP contribution is -2.64. The highest BCUT2D eigenvalue weighted by molar-refractivity contribution is 5.97. The van der Waals surface area contributed by atoms with Crippen molar-refractivity contribution in [3.63, 3.8) is 0 Å². The van der Waals surface area contributed by atoms with Gasteiger partial charge in [0.2, 0.25) is 0 Å². The standard InChI is InChI=1S/C15H16N2O3/c16-11-3-4-12-9(5-11)6-13(20-12)14(18)17-7-15(19,8-17)10-1-2-10/h3-6,10,19H,1-2,7-8,16H2. The van der Waals surface area contributed by atoms with Crippen molar-refractivity contribution in [2.75, 3.05) is 18.8 Å². The molecule has 1 aromatic carbocycles. The van der Waals surface area contributed by atoms with E-state index in [4.69, 9.17) is 10.2 Å². The van der Waals surface area contributed by atoms with Crippen LogP contribution in [0.2, 0.25) is 0 Å². The highest BCUT2D eigenvalue weighted by atomic mass is 16.3. The lowest BCUT2D eigenvalue weighted by Gasteiger charge is -2.46. The fraction of sp³-hybridized carbons (Fsp3) is 0.400. The fourth-order valence-electron chi connectivity index (χ4n) is 2.96. The molecule has 5 heteroatoms. The average molecular weight is 272 g/mol. The zero-order chi connectivity index (χ0) is 13.9. The zero-order valence-corrected chi connectivity index (χ0v) is 11.0. The number of carbonyl (C=O) groups excluding carboxylic acids is 1. The minimum absolute atomic E-state index is 0.162. The summed E-state index contributed by atoms with van der Waals surface area (Å²) in [5.74, 6) is 0.524. The number of fused-ring (bicyclic) bond motifs is 1. The maximum atomic E-state index is 12.3. The summed E-state index contributed by atoms with van der Waals surface area (Å²) in [4.78, 5) is 13.9. The number of hydrogen-bond donors (Lipinski definition) is 2. The molecule has 3 N–H and O–H groups in total. The van der Waals surface area contributed by atoms with Crippen molar-refractivity contribution in [1.82, 2.24) is 4.90 Å². The number of rotatable bonds is 2. The molecule has 2 heterocycles. The summed E-state index contributed by atoms with van der Waals surface area (Å²) in [7, 11) is 0. The van der Waals surface area contributed by atoms with E-state index in [0.717, 1.165) is 18.2 Å². The summed E-state index contributed by atoms with van der Waals surface area (Å²) in [5.41, 5.74) is 6.35. The number of furan rings is 1. The van der Waals surface area contributed by atoms with Crippen LogP contribution in [0.1, 0.15) is 23.4 Å². The number of benzene rings is 1. The first kappa shape index (κ1) is 11.8. The largest absolute Gasteiger partial charge is 0.451 e. The van der Waals surface area contributed by atoms with E-state index in [1.807, 2.05) is 0 Å². The van der Waals surface area contributed by atoms with Crippen LogP contribution < -0.4 is 5.73 Å². The van der Waals surface area contributed by atoms with Crippen LogP contribution in [0.5, 0.6) is 0 Å². The van der Waals surface area contributed by atoms with Crippen molar-refractivity contribution in [3.05, 3.63) is 30.0 Å². The van der Waals surface area contributed by atoms with Gasteiger partial charge in [0, 0.05) is 11.1 Å². The first-order chi connectivity index (χ1) is 9.55. The van der Waals surface area contributed by atoms with Crippen LogP contribution in [0.4, 0.5) is 5.69 Å². The Kier molecular flexibility index (Phi) is 2.22. The van der Waals surface area contributed by atoms with Gasteiger partial charge in [-0.25, -0.2) is 0 Å². The molecule has 2 aromatic rings. The molecule has 2 aliphatic rings. The van der Waals surface area contributed by atoms with Crippen LogP contribution in [0.3, 0.4) is 0 Å². The summed E-state index contributed by atoms with van der Waals surface area (Å²) in [6, 6.07) is 7.00. The Morgan fingerprint density at radius 3 is 2.80 bits per heavy atom. The predicted molar refractivity (Wildman–Crippen MR) is 74.2 cm³/mol. The Bertz CT molecular complexity index is 696. The Morgan fingerprint density at radius 2 is 2.10 bits per heavy atom. The molecule has 20 heavy (non-hydrogen) atoms. The summed E-state index contributed by atoms with van der Waals surface area (Å²) < 4.78 is 5.56. The van der Waals surface area contributed by atoms with Gasteiger partial charge in [0.15, 0.2) is 5.76 Å². The number of nitrogens with zero attached hydrogens (tertiary/aromatic N) is 1. The van der Waals surface area contributed by atoms with Gasteiger partial charge in [-0.1, -0.05) is 0 Å². The van der Waals surface area contributed by atoms with E-state index in [9.17, 15) is 9.90 Å². The molecule has 0 radical (unpaired) electrons. The molecule has 4 rings (SSSR count). The molecule has 2 fully saturated rings. The Balaban J connectivity index is 1.55. The monoisotopic (exact) mass is 272 g/mol. The van der Waals surface area contributed by atoms with Crippen LogP contribution in [-0.4, -0.2) is 34.6 Å². The maximum Gasteiger partial charge on any atom is 0.289 e. The van der Waals surface area contributed by atoms with Crippen LogP contribution in [0, 0.1) is 5.92 Å². The van der Waals surface area contributed by atoms with Gasteiger partial charge in [0.05, 0.1) is 13.1 Å². The molecular weight excluding hydrogens is 256 g/mol. The second kappa shape index (κ2) is 3.76. The van der Waals surface area contributed by atoms with Gasteiger partial charge >= 0.3 is 0 Å². The molecule has 5 nitrogen and oxygen atoms in total. The summed E-state index contributed by atoms with van der Waals surface area (Å²) in [6.07, 6.45) is 2.14. The second-order valence-electron chi connectivity index (χ2n) is 5.95. The summed E-state index contributed by atoms with van der Waals surface area (Å²) in [6.45, 7) is 0.825. The third-order valence-electron chi connectivity index (χ3n) is 4.30. The number of hydrogen-bond acceptors (Lipinski definition) is 4. The second-order valence-corrected chi connectivity index (χ2v) is 5.95. The number of anilines is 1. The Morgan fingerprint density at radius 1 is 1.35 bits per heavy atom. The number of carbonyl (C=O) groups is 1. The van der Waals surface area contributed by atoms with Crippen molar-refractivity contribution >= 4 is 22.6 Å². The quantitative estimate of drug-likeness (QED) is 0.814. The molecule has 0 unspecified atom stereocenters. The van der Waals surface area contributed by atoms with E-state index in [0.29, 0.717) is 36.0 Å². The first-order valence-corrected chi connectivity index (χ1v) is 6.86. The molecule has 0 bridgehead atoms. The minimum Gasteiger partial charge on any atom is -0.451 e. The molecule has 104 valence electrons. The third kappa shape index (κ3) is 1.70. The molecule has 1 saturated carbocycles. The van der Waals surface area contributed by atoms with Crippen LogP contribution in [0.25, 0.3) is 11.0 Å². The Hall–Kier alpha value is -2.01. The number of amides is 1. The fourth-order valence-corrected chi connectivity index (χ4v) is 2.96. The van der Waals surface area contributed by atoms with Gasteiger partial charge in [-0.05, 0) is 43.0 Å². The predicted octanol–water partition coefficient (Wildman–Crippen LogP) is 1.61. The third-order valence-corrected chi connectivity index (χ3v) is 4.30.